The van der Waals surface area contributed by atoms with Crippen molar-refractivity contribution in [2.75, 3.05) is 7.11 Å². The Labute approximate surface area is 132 Å². The molecule has 0 atom stereocenters. The Morgan fingerprint density at radius 1 is 1.14 bits per heavy atom. The van der Waals surface area contributed by atoms with E-state index in [1.54, 1.807) is 29.9 Å². The van der Waals surface area contributed by atoms with E-state index in [1.165, 1.54) is 6.07 Å². The maximum Gasteiger partial charge on any atom is 0.255 e. The lowest BCUT2D eigenvalue weighted by molar-refractivity contribution is 0.414. The molecule has 1 aromatic heterocycles. The van der Waals surface area contributed by atoms with E-state index < -0.39 is 0 Å². The summed E-state index contributed by atoms with van der Waals surface area (Å²) in [7, 11) is 1.61. The van der Waals surface area contributed by atoms with E-state index >= 15 is 0 Å². The smallest absolute Gasteiger partial charge is 0.255 e. The minimum absolute atomic E-state index is 0.0392. The number of aromatic nitrogens is 1. The average molecular weight is 316 g/mol. The van der Waals surface area contributed by atoms with Crippen LogP contribution in [-0.4, -0.2) is 16.8 Å². The van der Waals surface area contributed by atoms with Gasteiger partial charge in [0.1, 0.15) is 11.5 Å². The van der Waals surface area contributed by atoms with Crippen molar-refractivity contribution < 1.29 is 9.84 Å². The van der Waals surface area contributed by atoms with Crippen molar-refractivity contribution in [3.63, 3.8) is 0 Å². The minimum atomic E-state index is -0.275. The van der Waals surface area contributed by atoms with Crippen molar-refractivity contribution in [3.8, 4) is 11.5 Å². The van der Waals surface area contributed by atoms with Crippen molar-refractivity contribution in [1.29, 1.82) is 0 Å². The first-order valence-electron chi connectivity index (χ1n) is 6.73. The van der Waals surface area contributed by atoms with Gasteiger partial charge in [-0.15, -0.1) is 0 Å². The molecule has 5 heteroatoms. The molecule has 0 saturated heterocycles. The molecule has 2 aromatic carbocycles. The molecule has 0 unspecified atom stereocenters. The summed E-state index contributed by atoms with van der Waals surface area (Å²) in [5.74, 6) is 0.720. The number of methoxy groups -OCH3 is 1. The zero-order chi connectivity index (χ0) is 15.7. The SMILES string of the molecule is COc1ccc(Cn2c(=O)cc(O)c3ccc(Cl)cc32)cc1. The lowest BCUT2D eigenvalue weighted by atomic mass is 10.1. The van der Waals surface area contributed by atoms with E-state index in [9.17, 15) is 9.90 Å². The van der Waals surface area contributed by atoms with Gasteiger partial charge in [-0.2, -0.15) is 0 Å². The third-order valence-electron chi connectivity index (χ3n) is 3.55. The molecule has 0 aliphatic rings. The number of rotatable bonds is 3. The van der Waals surface area contributed by atoms with Crippen LogP contribution in [0.2, 0.25) is 5.02 Å². The van der Waals surface area contributed by atoms with Crippen LogP contribution in [0.4, 0.5) is 0 Å². The number of halogens is 1. The fourth-order valence-electron chi connectivity index (χ4n) is 2.41. The molecule has 0 amide bonds. The summed E-state index contributed by atoms with van der Waals surface area (Å²) in [5.41, 5.74) is 1.28. The highest BCUT2D eigenvalue weighted by Gasteiger charge is 2.09. The van der Waals surface area contributed by atoms with Crippen LogP contribution in [0.15, 0.2) is 53.3 Å². The fourth-order valence-corrected chi connectivity index (χ4v) is 2.58. The molecule has 22 heavy (non-hydrogen) atoms. The van der Waals surface area contributed by atoms with Gasteiger partial charge in [0.25, 0.3) is 5.56 Å². The Hall–Kier alpha value is -2.46. The molecule has 1 heterocycles. The zero-order valence-electron chi connectivity index (χ0n) is 11.9. The molecule has 112 valence electrons. The monoisotopic (exact) mass is 315 g/mol. The standard InChI is InChI=1S/C17H14ClNO3/c1-22-13-5-2-11(3-6-13)10-19-15-8-12(18)4-7-14(15)16(20)9-17(19)21/h2-9,20H,10H2,1H3. The molecule has 0 fully saturated rings. The van der Waals surface area contributed by atoms with E-state index in [2.05, 4.69) is 0 Å². The van der Waals surface area contributed by atoms with Crippen LogP contribution in [0.1, 0.15) is 5.56 Å². The number of pyridine rings is 1. The second-order valence-electron chi connectivity index (χ2n) is 4.96. The predicted octanol–water partition coefficient (Wildman–Crippen LogP) is 3.42. The van der Waals surface area contributed by atoms with E-state index in [0.29, 0.717) is 22.5 Å². The van der Waals surface area contributed by atoms with Crippen LogP contribution in [0.5, 0.6) is 11.5 Å². The predicted molar refractivity (Wildman–Crippen MR) is 87.0 cm³/mol. The minimum Gasteiger partial charge on any atom is -0.507 e. The Bertz CT molecular complexity index is 885. The van der Waals surface area contributed by atoms with Gasteiger partial charge in [-0.25, -0.2) is 0 Å². The summed E-state index contributed by atoms with van der Waals surface area (Å²) in [5, 5.41) is 11.0. The number of nitrogens with zero attached hydrogens (tertiary/aromatic N) is 1. The summed E-state index contributed by atoms with van der Waals surface area (Å²) < 4.78 is 6.71. The van der Waals surface area contributed by atoms with E-state index in [4.69, 9.17) is 16.3 Å². The van der Waals surface area contributed by atoms with E-state index in [1.807, 2.05) is 24.3 Å². The van der Waals surface area contributed by atoms with Gasteiger partial charge in [-0.05, 0) is 35.9 Å². The van der Waals surface area contributed by atoms with Crippen molar-refractivity contribution >= 4 is 22.5 Å². The number of hydrogen-bond acceptors (Lipinski definition) is 3. The summed E-state index contributed by atoms with van der Waals surface area (Å²) >= 11 is 6.02. The first-order chi connectivity index (χ1) is 10.6. The van der Waals surface area contributed by atoms with Crippen LogP contribution in [0, 0.1) is 0 Å². The van der Waals surface area contributed by atoms with Gasteiger partial charge in [0, 0.05) is 16.5 Å². The fraction of sp³-hybridized carbons (Fsp3) is 0.118. The molecule has 0 aliphatic carbocycles. The summed E-state index contributed by atoms with van der Waals surface area (Å²) in [6, 6.07) is 13.8. The largest absolute Gasteiger partial charge is 0.507 e. The Morgan fingerprint density at radius 3 is 2.55 bits per heavy atom. The maximum absolute atomic E-state index is 12.2. The molecule has 0 aliphatic heterocycles. The number of aromatic hydroxyl groups is 1. The highest BCUT2D eigenvalue weighted by molar-refractivity contribution is 6.31. The normalized spacial score (nSPS) is 10.8. The van der Waals surface area contributed by atoms with Crippen molar-refractivity contribution in [3.05, 3.63) is 69.5 Å². The van der Waals surface area contributed by atoms with Crippen LogP contribution in [0.25, 0.3) is 10.9 Å². The van der Waals surface area contributed by atoms with Crippen molar-refractivity contribution in [2.24, 2.45) is 0 Å². The summed E-state index contributed by atoms with van der Waals surface area (Å²) in [6.07, 6.45) is 0. The number of hydrogen-bond donors (Lipinski definition) is 1. The molecule has 0 bridgehead atoms. The van der Waals surface area contributed by atoms with Gasteiger partial charge in [0.15, 0.2) is 0 Å². The second kappa shape index (κ2) is 5.73. The highest BCUT2D eigenvalue weighted by atomic mass is 35.5. The van der Waals surface area contributed by atoms with Crippen molar-refractivity contribution in [2.45, 2.75) is 6.54 Å². The molecule has 1 N–H and O–H groups in total. The topological polar surface area (TPSA) is 51.5 Å². The average Bonchev–Trinajstić information content (AvgIpc) is 2.51. The third kappa shape index (κ3) is 2.65. The zero-order valence-corrected chi connectivity index (χ0v) is 12.7. The lowest BCUT2D eigenvalue weighted by Gasteiger charge is -2.12. The lowest BCUT2D eigenvalue weighted by Crippen LogP contribution is -2.20. The van der Waals surface area contributed by atoms with Crippen LogP contribution in [0.3, 0.4) is 0 Å². The molecule has 0 saturated carbocycles. The third-order valence-corrected chi connectivity index (χ3v) is 3.79. The second-order valence-corrected chi connectivity index (χ2v) is 5.40. The molecular formula is C17H14ClNO3. The first-order valence-corrected chi connectivity index (χ1v) is 7.11. The summed E-state index contributed by atoms with van der Waals surface area (Å²) in [6.45, 7) is 0.389. The number of fused-ring (bicyclic) bond motifs is 1. The van der Waals surface area contributed by atoms with Crippen LogP contribution in [-0.2, 0) is 6.54 Å². The van der Waals surface area contributed by atoms with Gasteiger partial charge in [0.2, 0.25) is 0 Å². The molecular weight excluding hydrogens is 302 g/mol. The highest BCUT2D eigenvalue weighted by Crippen LogP contribution is 2.26. The Kier molecular flexibility index (Phi) is 3.77. The van der Waals surface area contributed by atoms with E-state index in [0.717, 1.165) is 11.3 Å². The number of ether oxygens (including phenoxy) is 1. The van der Waals surface area contributed by atoms with Gasteiger partial charge in [-0.1, -0.05) is 23.7 Å². The van der Waals surface area contributed by atoms with Crippen molar-refractivity contribution in [1.82, 2.24) is 4.57 Å². The van der Waals surface area contributed by atoms with Gasteiger partial charge >= 0.3 is 0 Å². The summed E-state index contributed by atoms with van der Waals surface area (Å²) in [4.78, 5) is 12.2. The maximum atomic E-state index is 12.2. The quantitative estimate of drug-likeness (QED) is 0.805. The molecule has 4 nitrogen and oxygen atoms in total. The molecule has 0 spiro atoms. The number of benzene rings is 2. The van der Waals surface area contributed by atoms with Gasteiger partial charge in [0.05, 0.1) is 19.2 Å². The van der Waals surface area contributed by atoms with Crippen LogP contribution < -0.4 is 10.3 Å². The Balaban J connectivity index is 2.13. The van der Waals surface area contributed by atoms with E-state index in [-0.39, 0.29) is 11.3 Å². The Morgan fingerprint density at radius 2 is 1.86 bits per heavy atom. The molecule has 3 rings (SSSR count). The first kappa shape index (κ1) is 14.5. The molecule has 3 aromatic rings. The van der Waals surface area contributed by atoms with Gasteiger partial charge in [-0.3, -0.25) is 4.79 Å². The van der Waals surface area contributed by atoms with Gasteiger partial charge < -0.3 is 14.4 Å². The molecule has 0 radical (unpaired) electrons. The van der Waals surface area contributed by atoms with Crippen LogP contribution >= 0.6 is 11.6 Å².